The average molecular weight is 871 g/mol. The zero-order chi connectivity index (χ0) is 44.3. The van der Waals surface area contributed by atoms with Gasteiger partial charge in [-0.3, -0.25) is 0 Å². The first kappa shape index (κ1) is 42.5. The van der Waals surface area contributed by atoms with Gasteiger partial charge in [0.25, 0.3) is 0 Å². The molecule has 0 spiro atoms. The molecule has 0 aliphatic heterocycles. The SMILES string of the molecule is c1ccc2c(OCCCCOc3cc(OCCCCOc4c5ccccc5cc5ccccc45)cc(OCCCCOc4c5ccccc5cc5ccccc45)c3)c3ccccc3cc2c1. The van der Waals surface area contributed by atoms with Crippen LogP contribution < -0.4 is 28.4 Å². The molecule has 0 radical (unpaired) electrons. The zero-order valence-electron chi connectivity index (χ0n) is 37.3. The van der Waals surface area contributed by atoms with Crippen LogP contribution in [0.2, 0.25) is 0 Å². The maximum atomic E-state index is 6.48. The molecule has 0 saturated heterocycles. The number of hydrogen-bond acceptors (Lipinski definition) is 6. The van der Waals surface area contributed by atoms with Gasteiger partial charge in [0.15, 0.2) is 0 Å². The van der Waals surface area contributed by atoms with Crippen LogP contribution in [0.1, 0.15) is 38.5 Å². The summed E-state index contributed by atoms with van der Waals surface area (Å²) in [6.45, 7) is 3.42. The smallest absolute Gasteiger partial charge is 0.134 e. The van der Waals surface area contributed by atoms with Gasteiger partial charge in [-0.2, -0.15) is 0 Å². The third-order valence-corrected chi connectivity index (χ3v) is 12.2. The lowest BCUT2D eigenvalue weighted by molar-refractivity contribution is 0.253. The number of rotatable bonds is 21. The van der Waals surface area contributed by atoms with Crippen molar-refractivity contribution >= 4 is 64.6 Å². The van der Waals surface area contributed by atoms with E-state index in [-0.39, 0.29) is 0 Å². The summed E-state index contributed by atoms with van der Waals surface area (Å²) in [5.41, 5.74) is 0. The molecule has 66 heavy (non-hydrogen) atoms. The molecule has 10 aromatic carbocycles. The van der Waals surface area contributed by atoms with Crippen LogP contribution in [0.4, 0.5) is 0 Å². The van der Waals surface area contributed by atoms with Crippen molar-refractivity contribution in [2.45, 2.75) is 38.5 Å². The van der Waals surface area contributed by atoms with Gasteiger partial charge in [0.1, 0.15) is 34.5 Å². The normalized spacial score (nSPS) is 11.5. The summed E-state index contributed by atoms with van der Waals surface area (Å²) >= 11 is 0. The van der Waals surface area contributed by atoms with E-state index in [1.165, 1.54) is 32.3 Å². The van der Waals surface area contributed by atoms with Gasteiger partial charge in [-0.15, -0.1) is 0 Å². The van der Waals surface area contributed by atoms with Crippen LogP contribution in [0.25, 0.3) is 64.6 Å². The van der Waals surface area contributed by atoms with E-state index in [2.05, 4.69) is 164 Å². The average Bonchev–Trinajstić information content (AvgIpc) is 3.36. The topological polar surface area (TPSA) is 55.4 Å². The van der Waals surface area contributed by atoms with Gasteiger partial charge in [0.05, 0.1) is 39.6 Å². The Bertz CT molecular complexity index is 2730. The van der Waals surface area contributed by atoms with E-state index in [0.717, 1.165) is 105 Å². The molecule has 0 unspecified atom stereocenters. The monoisotopic (exact) mass is 870 g/mol. The largest absolute Gasteiger partial charge is 0.493 e. The van der Waals surface area contributed by atoms with Gasteiger partial charge in [-0.25, -0.2) is 0 Å². The summed E-state index contributed by atoms with van der Waals surface area (Å²) in [6.07, 6.45) is 5.06. The van der Waals surface area contributed by atoms with Gasteiger partial charge >= 0.3 is 0 Å². The van der Waals surface area contributed by atoms with Crippen molar-refractivity contribution < 1.29 is 28.4 Å². The molecule has 0 aliphatic carbocycles. The van der Waals surface area contributed by atoms with Gasteiger partial charge in [-0.1, -0.05) is 146 Å². The van der Waals surface area contributed by atoms with Gasteiger partial charge in [0.2, 0.25) is 0 Å². The fraction of sp³-hybridized carbons (Fsp3) is 0.200. The van der Waals surface area contributed by atoms with Crippen molar-refractivity contribution in [3.63, 3.8) is 0 Å². The quantitative estimate of drug-likeness (QED) is 0.0530. The van der Waals surface area contributed by atoms with E-state index in [9.17, 15) is 0 Å². The lowest BCUT2D eigenvalue weighted by Gasteiger charge is -2.15. The molecule has 10 rings (SSSR count). The molecule has 0 atom stereocenters. The van der Waals surface area contributed by atoms with Gasteiger partial charge in [-0.05, 0) is 89.0 Å². The highest BCUT2D eigenvalue weighted by Gasteiger charge is 2.12. The lowest BCUT2D eigenvalue weighted by Crippen LogP contribution is -2.06. The summed E-state index contributed by atoms with van der Waals surface area (Å²) in [6, 6.07) is 63.1. The van der Waals surface area contributed by atoms with E-state index in [1.807, 2.05) is 18.2 Å². The second-order valence-electron chi connectivity index (χ2n) is 16.8. The number of fused-ring (bicyclic) bond motifs is 6. The van der Waals surface area contributed by atoms with E-state index in [4.69, 9.17) is 28.4 Å². The molecule has 330 valence electrons. The molecule has 6 nitrogen and oxygen atoms in total. The Morgan fingerprint density at radius 2 is 0.409 bits per heavy atom. The molecule has 0 amide bonds. The Balaban J connectivity index is 0.747. The lowest BCUT2D eigenvalue weighted by atomic mass is 10.0. The Morgan fingerprint density at radius 1 is 0.212 bits per heavy atom. The summed E-state index contributed by atoms with van der Waals surface area (Å²) in [4.78, 5) is 0. The molecular formula is C60H54O6. The van der Waals surface area contributed by atoms with Crippen molar-refractivity contribution in [3.05, 3.63) is 182 Å². The van der Waals surface area contributed by atoms with Crippen LogP contribution in [0.3, 0.4) is 0 Å². The van der Waals surface area contributed by atoms with Gasteiger partial charge in [0, 0.05) is 50.5 Å². The fourth-order valence-electron chi connectivity index (χ4n) is 8.88. The molecule has 0 aliphatic rings. The van der Waals surface area contributed by atoms with Gasteiger partial charge < -0.3 is 28.4 Å². The first-order valence-corrected chi connectivity index (χ1v) is 23.4. The van der Waals surface area contributed by atoms with Crippen LogP contribution in [0.5, 0.6) is 34.5 Å². The molecule has 0 saturated carbocycles. The molecule has 0 aromatic heterocycles. The highest BCUT2D eigenvalue weighted by Crippen LogP contribution is 2.38. The first-order valence-electron chi connectivity index (χ1n) is 23.4. The Kier molecular flexibility index (Phi) is 13.3. The predicted octanol–water partition coefficient (Wildman–Crippen LogP) is 15.3. The third-order valence-electron chi connectivity index (χ3n) is 12.2. The third kappa shape index (κ3) is 9.79. The summed E-state index contributed by atoms with van der Waals surface area (Å²) < 4.78 is 38.5. The van der Waals surface area contributed by atoms with Crippen molar-refractivity contribution in [2.24, 2.45) is 0 Å². The van der Waals surface area contributed by atoms with Crippen LogP contribution in [0.15, 0.2) is 182 Å². The van der Waals surface area contributed by atoms with Crippen molar-refractivity contribution in [1.29, 1.82) is 0 Å². The predicted molar refractivity (Wildman–Crippen MR) is 271 cm³/mol. The van der Waals surface area contributed by atoms with Crippen molar-refractivity contribution in [3.8, 4) is 34.5 Å². The first-order chi connectivity index (χ1) is 32.7. The highest BCUT2D eigenvalue weighted by molar-refractivity contribution is 6.07. The Labute approximate surface area is 386 Å². The standard InChI is InChI=1S/C60H54O6/c1-7-25-52-43(19-1)37-44-20-2-8-26-53(44)58(52)64-34-16-13-31-61-49-40-50(62-32-14-17-35-65-59-54-27-9-3-21-45(54)38-46-22-4-10-28-55(46)59)42-51(41-49)63-33-15-18-36-66-60-56-29-11-5-23-47(56)39-48-24-6-12-30-57(48)60/h1-12,19-30,37-42H,13-18,31-36H2. The molecule has 0 N–H and O–H groups in total. The van der Waals surface area contributed by atoms with Crippen molar-refractivity contribution in [2.75, 3.05) is 39.6 Å². The van der Waals surface area contributed by atoms with E-state index in [0.29, 0.717) is 39.6 Å². The van der Waals surface area contributed by atoms with Crippen molar-refractivity contribution in [1.82, 2.24) is 0 Å². The number of unbranched alkanes of at least 4 members (excludes halogenated alkanes) is 3. The number of ether oxygens (including phenoxy) is 6. The highest BCUT2D eigenvalue weighted by atomic mass is 16.5. The van der Waals surface area contributed by atoms with E-state index < -0.39 is 0 Å². The second-order valence-corrected chi connectivity index (χ2v) is 16.8. The van der Waals surface area contributed by atoms with Crippen LogP contribution in [0, 0.1) is 0 Å². The molecule has 0 fully saturated rings. The molecule has 0 bridgehead atoms. The Hall–Kier alpha value is -7.44. The summed E-state index contributed by atoms with van der Waals surface area (Å²) in [5, 5.41) is 13.9. The minimum Gasteiger partial charge on any atom is -0.493 e. The van der Waals surface area contributed by atoms with Crippen LogP contribution in [-0.4, -0.2) is 39.6 Å². The van der Waals surface area contributed by atoms with E-state index in [1.54, 1.807) is 0 Å². The summed E-state index contributed by atoms with van der Waals surface area (Å²) in [7, 11) is 0. The molecule has 6 heteroatoms. The minimum absolute atomic E-state index is 0.545. The molecule has 10 aromatic rings. The minimum atomic E-state index is 0.545. The van der Waals surface area contributed by atoms with Crippen LogP contribution in [-0.2, 0) is 0 Å². The molecular weight excluding hydrogens is 817 g/mol. The second kappa shape index (κ2) is 20.6. The zero-order valence-corrected chi connectivity index (χ0v) is 37.3. The summed E-state index contributed by atoms with van der Waals surface area (Å²) in [5.74, 6) is 5.00. The fourth-order valence-corrected chi connectivity index (χ4v) is 8.88. The number of benzene rings is 10. The maximum absolute atomic E-state index is 6.48. The van der Waals surface area contributed by atoms with Crippen LogP contribution >= 0.6 is 0 Å². The maximum Gasteiger partial charge on any atom is 0.134 e. The molecule has 0 heterocycles. The van der Waals surface area contributed by atoms with E-state index >= 15 is 0 Å². The number of hydrogen-bond donors (Lipinski definition) is 0. The Morgan fingerprint density at radius 3 is 0.636 bits per heavy atom.